The number of anilines is 1. The Balaban J connectivity index is 1.79. The standard InChI is InChI=1S/C18H17N5O3/c1-11-13(3-4-15(22-11)25-2)12-7-14-16(21-8-12)26-18(5-6-20-9-18)17(24)23(14)10-19/h3-4,7-8,20H,5-6,9H2,1-2H3/t18-/m1/s1. The molecule has 1 amide bonds. The normalized spacial score (nSPS) is 21.3. The number of nitrogens with one attached hydrogen (secondary N) is 1. The van der Waals surface area contributed by atoms with Gasteiger partial charge in [-0.3, -0.25) is 4.79 Å². The van der Waals surface area contributed by atoms with Crippen LogP contribution >= 0.6 is 0 Å². The van der Waals surface area contributed by atoms with Gasteiger partial charge < -0.3 is 14.8 Å². The van der Waals surface area contributed by atoms with Crippen molar-refractivity contribution in [3.05, 3.63) is 30.1 Å². The minimum atomic E-state index is -1.05. The molecule has 1 fully saturated rings. The Morgan fingerprint density at radius 1 is 1.46 bits per heavy atom. The van der Waals surface area contributed by atoms with Crippen LogP contribution in [0.25, 0.3) is 11.1 Å². The van der Waals surface area contributed by atoms with E-state index in [0.717, 1.165) is 21.7 Å². The Hall–Kier alpha value is -3.18. The molecule has 2 aliphatic rings. The maximum Gasteiger partial charge on any atom is 0.286 e. The van der Waals surface area contributed by atoms with Crippen LogP contribution in [0.3, 0.4) is 0 Å². The number of methoxy groups -OCH3 is 1. The average molecular weight is 351 g/mol. The fourth-order valence-corrected chi connectivity index (χ4v) is 3.36. The number of pyridine rings is 2. The van der Waals surface area contributed by atoms with Crippen molar-refractivity contribution in [1.29, 1.82) is 5.26 Å². The highest BCUT2D eigenvalue weighted by Crippen LogP contribution is 2.40. The Morgan fingerprint density at radius 3 is 2.96 bits per heavy atom. The molecule has 4 heterocycles. The highest BCUT2D eigenvalue weighted by atomic mass is 16.5. The average Bonchev–Trinajstić information content (AvgIpc) is 3.12. The van der Waals surface area contributed by atoms with E-state index in [9.17, 15) is 10.1 Å². The van der Waals surface area contributed by atoms with E-state index in [1.165, 1.54) is 0 Å². The van der Waals surface area contributed by atoms with Crippen molar-refractivity contribution in [1.82, 2.24) is 15.3 Å². The van der Waals surface area contributed by atoms with Gasteiger partial charge in [-0.1, -0.05) is 0 Å². The first-order valence-corrected chi connectivity index (χ1v) is 8.24. The fourth-order valence-electron chi connectivity index (χ4n) is 3.36. The van der Waals surface area contributed by atoms with E-state index in [-0.39, 0.29) is 11.8 Å². The second-order valence-corrected chi connectivity index (χ2v) is 6.30. The number of carbonyl (C=O) groups is 1. The first-order valence-electron chi connectivity index (χ1n) is 8.24. The summed E-state index contributed by atoms with van der Waals surface area (Å²) in [6.45, 7) is 2.89. The second-order valence-electron chi connectivity index (χ2n) is 6.30. The quantitative estimate of drug-likeness (QED) is 0.816. The van der Waals surface area contributed by atoms with Crippen LogP contribution < -0.4 is 19.7 Å². The molecule has 4 rings (SSSR count). The Morgan fingerprint density at radius 2 is 2.31 bits per heavy atom. The predicted octanol–water partition coefficient (Wildman–Crippen LogP) is 1.40. The van der Waals surface area contributed by atoms with Gasteiger partial charge in [0.2, 0.25) is 17.4 Å². The van der Waals surface area contributed by atoms with Gasteiger partial charge in [-0.2, -0.15) is 5.26 Å². The SMILES string of the molecule is COc1ccc(-c2cnc3c(c2)N(C#N)C(=O)[C@]2(CCNC2)O3)c(C)n1. The summed E-state index contributed by atoms with van der Waals surface area (Å²) in [5.74, 6) is 0.448. The number of hydrogen-bond acceptors (Lipinski definition) is 7. The van der Waals surface area contributed by atoms with Crippen LogP contribution in [0.2, 0.25) is 0 Å². The molecule has 8 nitrogen and oxygen atoms in total. The number of ether oxygens (including phenoxy) is 2. The van der Waals surface area contributed by atoms with Crippen LogP contribution in [0.1, 0.15) is 12.1 Å². The van der Waals surface area contributed by atoms with Gasteiger partial charge in [0.25, 0.3) is 5.91 Å². The molecule has 1 saturated heterocycles. The third-order valence-corrected chi connectivity index (χ3v) is 4.75. The van der Waals surface area contributed by atoms with Gasteiger partial charge in [0.1, 0.15) is 5.69 Å². The second kappa shape index (κ2) is 5.97. The van der Waals surface area contributed by atoms with Gasteiger partial charge in [0.05, 0.1) is 7.11 Å². The molecular weight excluding hydrogens is 334 g/mol. The number of aromatic nitrogens is 2. The van der Waals surface area contributed by atoms with E-state index in [1.807, 2.05) is 19.2 Å². The molecule has 132 valence electrons. The van der Waals surface area contributed by atoms with Crippen molar-refractivity contribution in [2.75, 3.05) is 25.1 Å². The van der Waals surface area contributed by atoms with E-state index in [4.69, 9.17) is 9.47 Å². The summed E-state index contributed by atoms with van der Waals surface area (Å²) in [6.07, 6.45) is 4.14. The van der Waals surface area contributed by atoms with Crippen molar-refractivity contribution in [2.24, 2.45) is 0 Å². The van der Waals surface area contributed by atoms with E-state index < -0.39 is 5.60 Å². The number of fused-ring (bicyclic) bond motifs is 1. The zero-order valence-electron chi connectivity index (χ0n) is 14.4. The summed E-state index contributed by atoms with van der Waals surface area (Å²) < 4.78 is 11.1. The Kier molecular flexibility index (Phi) is 3.74. The lowest BCUT2D eigenvalue weighted by molar-refractivity contribution is -0.133. The van der Waals surface area contributed by atoms with Crippen LogP contribution in [-0.4, -0.2) is 41.7 Å². The highest BCUT2D eigenvalue weighted by molar-refractivity contribution is 6.05. The van der Waals surface area contributed by atoms with E-state index in [0.29, 0.717) is 31.1 Å². The number of aryl methyl sites for hydroxylation is 1. The molecule has 0 saturated carbocycles. The number of nitrogens with zero attached hydrogens (tertiary/aromatic N) is 4. The number of carbonyl (C=O) groups excluding carboxylic acids is 1. The summed E-state index contributed by atoms with van der Waals surface area (Å²) in [4.78, 5) is 22.6. The molecule has 2 aromatic heterocycles. The molecule has 1 spiro atoms. The lowest BCUT2D eigenvalue weighted by Gasteiger charge is -2.36. The molecule has 0 radical (unpaired) electrons. The summed E-state index contributed by atoms with van der Waals surface area (Å²) in [6, 6.07) is 5.36. The van der Waals surface area contributed by atoms with Crippen molar-refractivity contribution in [3.8, 4) is 29.1 Å². The smallest absolute Gasteiger partial charge is 0.286 e. The molecular formula is C18H17N5O3. The molecule has 0 unspecified atom stereocenters. The van der Waals surface area contributed by atoms with Crippen molar-refractivity contribution in [3.63, 3.8) is 0 Å². The number of amides is 1. The van der Waals surface area contributed by atoms with Crippen molar-refractivity contribution < 1.29 is 14.3 Å². The van der Waals surface area contributed by atoms with Crippen LogP contribution in [0, 0.1) is 18.4 Å². The Bertz CT molecular complexity index is 931. The first kappa shape index (κ1) is 16.3. The third-order valence-electron chi connectivity index (χ3n) is 4.75. The molecule has 0 aromatic carbocycles. The van der Waals surface area contributed by atoms with Gasteiger partial charge in [0, 0.05) is 42.0 Å². The van der Waals surface area contributed by atoms with E-state index >= 15 is 0 Å². The molecule has 8 heteroatoms. The van der Waals surface area contributed by atoms with Gasteiger partial charge in [-0.05, 0) is 25.6 Å². The molecule has 0 bridgehead atoms. The van der Waals surface area contributed by atoms with Gasteiger partial charge >= 0.3 is 0 Å². The van der Waals surface area contributed by atoms with Gasteiger partial charge in [-0.25, -0.2) is 14.9 Å². The van der Waals surface area contributed by atoms with Crippen LogP contribution in [0.4, 0.5) is 5.69 Å². The maximum absolute atomic E-state index is 12.8. The summed E-state index contributed by atoms with van der Waals surface area (Å²) in [7, 11) is 1.56. The number of hydrogen-bond donors (Lipinski definition) is 1. The monoisotopic (exact) mass is 351 g/mol. The summed E-state index contributed by atoms with van der Waals surface area (Å²) in [5.41, 5.74) is 1.65. The highest BCUT2D eigenvalue weighted by Gasteiger charge is 2.51. The van der Waals surface area contributed by atoms with E-state index in [2.05, 4.69) is 15.3 Å². The van der Waals surface area contributed by atoms with Crippen molar-refractivity contribution in [2.45, 2.75) is 18.9 Å². The molecule has 1 N–H and O–H groups in total. The molecule has 1 atom stereocenters. The maximum atomic E-state index is 12.8. The molecule has 26 heavy (non-hydrogen) atoms. The third kappa shape index (κ3) is 2.36. The fraction of sp³-hybridized carbons (Fsp3) is 0.333. The zero-order chi connectivity index (χ0) is 18.3. The summed E-state index contributed by atoms with van der Waals surface area (Å²) in [5, 5.41) is 12.7. The number of rotatable bonds is 2. The van der Waals surface area contributed by atoms with Crippen molar-refractivity contribution >= 4 is 11.6 Å². The van der Waals surface area contributed by atoms with E-state index in [1.54, 1.807) is 25.4 Å². The topological polar surface area (TPSA) is 100 Å². The van der Waals surface area contributed by atoms with Gasteiger partial charge in [-0.15, -0.1) is 0 Å². The molecule has 2 aliphatic heterocycles. The van der Waals surface area contributed by atoms with Crippen LogP contribution in [0.5, 0.6) is 11.8 Å². The minimum absolute atomic E-state index is 0.290. The minimum Gasteiger partial charge on any atom is -0.481 e. The molecule has 0 aliphatic carbocycles. The Labute approximate surface area is 150 Å². The summed E-state index contributed by atoms with van der Waals surface area (Å²) >= 11 is 0. The van der Waals surface area contributed by atoms with Gasteiger partial charge in [0.15, 0.2) is 6.19 Å². The van der Waals surface area contributed by atoms with Crippen LogP contribution in [0.15, 0.2) is 24.4 Å². The molecule has 2 aromatic rings. The largest absolute Gasteiger partial charge is 0.481 e. The lowest BCUT2D eigenvalue weighted by atomic mass is 9.98. The predicted molar refractivity (Wildman–Crippen MR) is 92.7 cm³/mol. The zero-order valence-corrected chi connectivity index (χ0v) is 14.4. The van der Waals surface area contributed by atoms with Crippen LogP contribution in [-0.2, 0) is 4.79 Å². The number of nitriles is 1. The first-order chi connectivity index (χ1) is 12.6. The lowest BCUT2D eigenvalue weighted by Crippen LogP contribution is -2.56.